The smallest absolute Gasteiger partial charge is 0.140 e. The second-order valence-electron chi connectivity index (χ2n) is 17.4. The van der Waals surface area contributed by atoms with Crippen molar-refractivity contribution in [3.8, 4) is 44.9 Å². The van der Waals surface area contributed by atoms with Crippen molar-refractivity contribution >= 4 is 44.2 Å². The van der Waals surface area contributed by atoms with Gasteiger partial charge >= 0.3 is 0 Å². The quantitative estimate of drug-likeness (QED) is 0.166. The number of para-hydroxylation sites is 2. The monoisotopic (exact) mass is 829 g/mol. The van der Waals surface area contributed by atoms with E-state index in [1.165, 1.54) is 83.2 Å². The van der Waals surface area contributed by atoms with Gasteiger partial charge in [-0.3, -0.25) is 0 Å². The Balaban J connectivity index is 0.922. The molecule has 13 rings (SSSR count). The maximum atomic E-state index is 7.18. The van der Waals surface area contributed by atoms with E-state index < -0.39 is 5.41 Å². The second-order valence-corrected chi connectivity index (χ2v) is 17.4. The highest BCUT2D eigenvalue weighted by Gasteiger charge is 2.52. The maximum absolute atomic E-state index is 7.18. The molecule has 0 amide bonds. The third kappa shape index (κ3) is 5.74. The molecule has 0 bridgehead atoms. The van der Waals surface area contributed by atoms with E-state index in [9.17, 15) is 0 Å². The van der Waals surface area contributed by atoms with Crippen LogP contribution in [0.25, 0.3) is 60.5 Å². The van der Waals surface area contributed by atoms with Crippen molar-refractivity contribution in [3.05, 3.63) is 264 Å². The summed E-state index contributed by atoms with van der Waals surface area (Å²) in [7, 11) is 0. The Hall–Kier alpha value is -8.20. The van der Waals surface area contributed by atoms with Gasteiger partial charge in [-0.1, -0.05) is 206 Å². The summed E-state index contributed by atoms with van der Waals surface area (Å²) in [5.74, 6) is 1.87. The fraction of sp³-hybridized carbons (Fsp3) is 0.0476. The molecule has 65 heavy (non-hydrogen) atoms. The topological polar surface area (TPSA) is 12.5 Å². The predicted molar refractivity (Wildman–Crippen MR) is 271 cm³/mol. The molecule has 306 valence electrons. The average molecular weight is 830 g/mol. The summed E-state index contributed by atoms with van der Waals surface area (Å²) < 4.78 is 7.18. The maximum Gasteiger partial charge on any atom is 0.140 e. The standard InChI is InChI=1S/C63H43NO/c1-3-16-44(17-4-1)50-22-12-14-29-59(50)64(48-20-5-2-6-21-48)49-38-34-43(35-39-49)42-30-32-47(33-31-42)51-26-15-28-56-60(51)54-25-11-13-27-55(54)63(56)57-40-36-45-18-7-9-23-52(45)61(57)65-62-53-24-10-8-19-46(53)37-41-58(62)63/h2-3,5-41H,1,4H2. The third-order valence-corrected chi connectivity index (χ3v) is 14.0. The fourth-order valence-electron chi connectivity index (χ4n) is 11.1. The van der Waals surface area contributed by atoms with Crippen LogP contribution >= 0.6 is 0 Å². The number of hydrogen-bond acceptors (Lipinski definition) is 2. The summed E-state index contributed by atoms with van der Waals surface area (Å²) in [5.41, 5.74) is 17.6. The highest BCUT2D eigenvalue weighted by Crippen LogP contribution is 2.65. The molecular formula is C63H43NO. The normalized spacial score (nSPS) is 14.0. The zero-order valence-electron chi connectivity index (χ0n) is 35.8. The summed E-state index contributed by atoms with van der Waals surface area (Å²) in [6, 6.07) is 80.1. The number of hydrogen-bond donors (Lipinski definition) is 0. The van der Waals surface area contributed by atoms with Gasteiger partial charge in [-0.25, -0.2) is 0 Å². The van der Waals surface area contributed by atoms with Crippen LogP contribution in [0.5, 0.6) is 11.5 Å². The summed E-state index contributed by atoms with van der Waals surface area (Å²) >= 11 is 0. The molecule has 10 aromatic carbocycles. The molecule has 3 aliphatic rings. The van der Waals surface area contributed by atoms with Crippen LogP contribution in [0, 0.1) is 0 Å². The van der Waals surface area contributed by atoms with E-state index in [-0.39, 0.29) is 0 Å². The molecule has 1 spiro atoms. The van der Waals surface area contributed by atoms with E-state index in [2.05, 4.69) is 242 Å². The number of benzene rings is 10. The van der Waals surface area contributed by atoms with Crippen molar-refractivity contribution in [3.63, 3.8) is 0 Å². The van der Waals surface area contributed by atoms with E-state index in [1.54, 1.807) is 0 Å². The average Bonchev–Trinajstić information content (AvgIpc) is 3.68. The minimum absolute atomic E-state index is 0.585. The van der Waals surface area contributed by atoms with Crippen molar-refractivity contribution in [2.45, 2.75) is 18.3 Å². The molecule has 10 aromatic rings. The first-order chi connectivity index (χ1) is 32.3. The van der Waals surface area contributed by atoms with Crippen LogP contribution in [0.4, 0.5) is 17.1 Å². The van der Waals surface area contributed by atoms with Gasteiger partial charge in [-0.15, -0.1) is 0 Å². The Morgan fingerprint density at radius 2 is 0.938 bits per heavy atom. The van der Waals surface area contributed by atoms with Crippen LogP contribution in [0.3, 0.4) is 0 Å². The highest BCUT2D eigenvalue weighted by atomic mass is 16.5. The molecule has 1 heterocycles. The molecule has 0 radical (unpaired) electrons. The van der Waals surface area contributed by atoms with E-state index in [0.29, 0.717) is 0 Å². The molecule has 1 aliphatic heterocycles. The predicted octanol–water partition coefficient (Wildman–Crippen LogP) is 17.0. The molecule has 0 aromatic heterocycles. The van der Waals surface area contributed by atoms with Gasteiger partial charge in [0.15, 0.2) is 0 Å². The zero-order valence-corrected chi connectivity index (χ0v) is 35.8. The molecule has 0 saturated carbocycles. The molecule has 0 saturated heterocycles. The molecule has 2 aliphatic carbocycles. The van der Waals surface area contributed by atoms with Crippen molar-refractivity contribution in [2.24, 2.45) is 0 Å². The van der Waals surface area contributed by atoms with Gasteiger partial charge in [0, 0.05) is 38.8 Å². The lowest BCUT2D eigenvalue weighted by Gasteiger charge is -2.40. The van der Waals surface area contributed by atoms with Crippen LogP contribution in [-0.4, -0.2) is 0 Å². The highest BCUT2D eigenvalue weighted by molar-refractivity contribution is 6.02. The van der Waals surface area contributed by atoms with Crippen molar-refractivity contribution in [2.75, 3.05) is 4.90 Å². The van der Waals surface area contributed by atoms with Gasteiger partial charge in [0.2, 0.25) is 0 Å². The van der Waals surface area contributed by atoms with Crippen LogP contribution < -0.4 is 9.64 Å². The Kier molecular flexibility index (Phi) is 8.60. The Morgan fingerprint density at radius 1 is 0.385 bits per heavy atom. The SMILES string of the molecule is C1=CC(c2ccccc2N(c2ccccc2)c2ccc(-c3ccc(-c4cccc5c4-c4ccccc4C54c5ccc6ccccc6c5Oc5c4ccc4ccccc54)cc3)cc2)=CCC1. The summed E-state index contributed by atoms with van der Waals surface area (Å²) in [4.78, 5) is 2.38. The van der Waals surface area contributed by atoms with Crippen LogP contribution in [0.2, 0.25) is 0 Å². The number of nitrogens with zero attached hydrogens (tertiary/aromatic N) is 1. The van der Waals surface area contributed by atoms with Crippen molar-refractivity contribution in [1.29, 1.82) is 0 Å². The molecule has 0 N–H and O–H groups in total. The molecule has 2 heteroatoms. The molecule has 0 fully saturated rings. The first kappa shape index (κ1) is 37.4. The number of fused-ring (bicyclic) bond motifs is 13. The van der Waals surface area contributed by atoms with Crippen LogP contribution in [0.1, 0.15) is 40.7 Å². The minimum Gasteiger partial charge on any atom is -0.455 e. The third-order valence-electron chi connectivity index (χ3n) is 14.0. The first-order valence-electron chi connectivity index (χ1n) is 22.7. The Morgan fingerprint density at radius 3 is 1.63 bits per heavy atom. The first-order valence-corrected chi connectivity index (χ1v) is 22.7. The largest absolute Gasteiger partial charge is 0.455 e. The van der Waals surface area contributed by atoms with E-state index in [4.69, 9.17) is 4.74 Å². The number of allylic oxidation sites excluding steroid dienone is 4. The summed E-state index contributed by atoms with van der Waals surface area (Å²) in [5, 5.41) is 4.59. The zero-order chi connectivity index (χ0) is 42.9. The molecule has 2 nitrogen and oxygen atoms in total. The van der Waals surface area contributed by atoms with E-state index in [0.717, 1.165) is 46.5 Å². The molecule has 0 atom stereocenters. The van der Waals surface area contributed by atoms with E-state index >= 15 is 0 Å². The van der Waals surface area contributed by atoms with Crippen molar-refractivity contribution in [1.82, 2.24) is 0 Å². The van der Waals surface area contributed by atoms with Crippen LogP contribution in [0.15, 0.2) is 237 Å². The Labute approximate surface area is 379 Å². The number of rotatable bonds is 6. The van der Waals surface area contributed by atoms with Crippen molar-refractivity contribution < 1.29 is 4.74 Å². The molecule has 0 unspecified atom stereocenters. The second kappa shape index (κ2) is 15.0. The summed E-state index contributed by atoms with van der Waals surface area (Å²) in [6.45, 7) is 0. The van der Waals surface area contributed by atoms with Crippen LogP contribution in [-0.2, 0) is 5.41 Å². The Bertz CT molecular complexity index is 3480. The fourth-order valence-corrected chi connectivity index (χ4v) is 11.1. The van der Waals surface area contributed by atoms with Gasteiger partial charge in [0.05, 0.1) is 11.1 Å². The van der Waals surface area contributed by atoms with Gasteiger partial charge in [-0.2, -0.15) is 0 Å². The minimum atomic E-state index is -0.585. The summed E-state index contributed by atoms with van der Waals surface area (Å²) in [6.07, 6.45) is 9.07. The van der Waals surface area contributed by atoms with Gasteiger partial charge in [0.25, 0.3) is 0 Å². The number of anilines is 3. The van der Waals surface area contributed by atoms with E-state index in [1.807, 2.05) is 0 Å². The number of ether oxygens (including phenoxy) is 1. The lowest BCUT2D eigenvalue weighted by atomic mass is 9.65. The molecular weight excluding hydrogens is 787 g/mol. The lowest BCUT2D eigenvalue weighted by Crippen LogP contribution is -2.32. The van der Waals surface area contributed by atoms with Gasteiger partial charge in [-0.05, 0) is 104 Å². The lowest BCUT2D eigenvalue weighted by molar-refractivity contribution is 0.447. The van der Waals surface area contributed by atoms with Gasteiger partial charge in [0.1, 0.15) is 11.5 Å². The van der Waals surface area contributed by atoms with Gasteiger partial charge < -0.3 is 9.64 Å².